The highest BCUT2D eigenvalue weighted by Crippen LogP contribution is 2.26. The summed E-state index contributed by atoms with van der Waals surface area (Å²) in [7, 11) is 5.44. The first-order valence-corrected chi connectivity index (χ1v) is 11.2. The minimum atomic E-state index is -0.217. The molecule has 4 rings (SSSR count). The van der Waals surface area contributed by atoms with Gasteiger partial charge < -0.3 is 24.4 Å². The Balaban J connectivity index is 1.59. The van der Waals surface area contributed by atoms with Gasteiger partial charge in [0.05, 0.1) is 24.8 Å². The molecule has 3 amide bonds. The van der Waals surface area contributed by atoms with Crippen LogP contribution in [0.15, 0.2) is 42.7 Å². The Hall–Kier alpha value is -3.72. The Morgan fingerprint density at radius 3 is 2.62 bits per heavy atom. The van der Waals surface area contributed by atoms with Crippen LogP contribution in [0.1, 0.15) is 33.2 Å². The summed E-state index contributed by atoms with van der Waals surface area (Å²) in [6.45, 7) is 2.78. The van der Waals surface area contributed by atoms with Gasteiger partial charge in [-0.3, -0.25) is 14.4 Å². The molecule has 0 saturated carbocycles. The van der Waals surface area contributed by atoms with E-state index in [0.717, 1.165) is 16.5 Å². The zero-order valence-electron chi connectivity index (χ0n) is 19.9. The maximum absolute atomic E-state index is 13.3. The smallest absolute Gasteiger partial charge is 0.255 e. The molecule has 1 aromatic carbocycles. The molecule has 0 bridgehead atoms. The van der Waals surface area contributed by atoms with Crippen LogP contribution in [0.4, 0.5) is 5.82 Å². The fraction of sp³-hybridized carbons (Fsp3) is 0.360. The van der Waals surface area contributed by atoms with E-state index in [1.807, 2.05) is 34.7 Å². The number of aromatic nitrogens is 2. The molecule has 3 heterocycles. The van der Waals surface area contributed by atoms with Crippen LogP contribution in [-0.4, -0.2) is 77.0 Å². The lowest BCUT2D eigenvalue weighted by Gasteiger charge is -2.35. The topological polar surface area (TPSA) is 96.8 Å². The highest BCUT2D eigenvalue weighted by Gasteiger charge is 2.29. The number of anilines is 1. The predicted octanol–water partition coefficient (Wildman–Crippen LogP) is 2.32. The van der Waals surface area contributed by atoms with E-state index in [1.54, 1.807) is 31.1 Å². The first-order valence-electron chi connectivity index (χ1n) is 11.2. The third-order valence-electron chi connectivity index (χ3n) is 5.98. The van der Waals surface area contributed by atoms with Crippen molar-refractivity contribution in [2.24, 2.45) is 7.05 Å². The molecule has 3 aromatic rings. The van der Waals surface area contributed by atoms with Gasteiger partial charge in [0.25, 0.3) is 11.8 Å². The average Bonchev–Trinajstić information content (AvgIpc) is 3.13. The normalized spacial score (nSPS) is 15.9. The van der Waals surface area contributed by atoms with Gasteiger partial charge in [0, 0.05) is 63.5 Å². The summed E-state index contributed by atoms with van der Waals surface area (Å²) in [5.74, 6) is 0.00959. The van der Waals surface area contributed by atoms with E-state index < -0.39 is 0 Å². The van der Waals surface area contributed by atoms with E-state index in [4.69, 9.17) is 4.74 Å². The van der Waals surface area contributed by atoms with Crippen LogP contribution in [-0.2, 0) is 23.0 Å². The van der Waals surface area contributed by atoms with E-state index in [9.17, 15) is 14.4 Å². The molecule has 1 aliphatic rings. The number of aryl methyl sites for hydroxylation is 1. The van der Waals surface area contributed by atoms with Crippen molar-refractivity contribution in [2.75, 3.05) is 39.2 Å². The largest absolute Gasteiger partial charge is 0.377 e. The van der Waals surface area contributed by atoms with Crippen LogP contribution in [0, 0.1) is 0 Å². The van der Waals surface area contributed by atoms with Gasteiger partial charge in [-0.2, -0.15) is 0 Å². The Morgan fingerprint density at radius 2 is 1.94 bits per heavy atom. The van der Waals surface area contributed by atoms with Crippen molar-refractivity contribution in [3.63, 3.8) is 0 Å². The van der Waals surface area contributed by atoms with E-state index in [2.05, 4.69) is 16.5 Å². The molecule has 0 aliphatic carbocycles. The lowest BCUT2D eigenvalue weighted by molar-refractivity contribution is -0.114. The number of amides is 3. The maximum atomic E-state index is 13.3. The van der Waals surface area contributed by atoms with Crippen LogP contribution in [0.25, 0.3) is 10.9 Å². The summed E-state index contributed by atoms with van der Waals surface area (Å²) in [6.07, 6.45) is 4.13. The molecule has 1 atom stereocenters. The number of hydrogen-bond donors (Lipinski definition) is 1. The van der Waals surface area contributed by atoms with Gasteiger partial charge in [0.1, 0.15) is 5.82 Å². The number of ether oxygens (including phenoxy) is 1. The number of carbonyl (C=O) groups excluding carboxylic acids is 3. The van der Waals surface area contributed by atoms with Crippen molar-refractivity contribution in [3.8, 4) is 0 Å². The van der Waals surface area contributed by atoms with Gasteiger partial charge in [-0.1, -0.05) is 0 Å². The minimum absolute atomic E-state index is 0.0512. The van der Waals surface area contributed by atoms with Crippen molar-refractivity contribution in [1.82, 2.24) is 19.4 Å². The monoisotopic (exact) mass is 463 g/mol. The van der Waals surface area contributed by atoms with Gasteiger partial charge in [-0.25, -0.2) is 4.98 Å². The van der Waals surface area contributed by atoms with E-state index in [1.165, 1.54) is 13.1 Å². The van der Waals surface area contributed by atoms with Crippen LogP contribution in [0.2, 0.25) is 0 Å². The standard InChI is InChI=1S/C25H29N5O4/c1-16(31)27-23-8-6-18(13-26-23)25(33)30-9-10-34-15-20(30)11-19-14-29(4)22-7-5-17(12-21(19)22)24(32)28(2)3/h5-8,12-14,20H,9-11,15H2,1-4H3,(H,26,27,31)/t20-/m0/s1. The number of fused-ring (bicyclic) bond motifs is 1. The van der Waals surface area contributed by atoms with Gasteiger partial charge in [0.2, 0.25) is 5.91 Å². The van der Waals surface area contributed by atoms with Crippen molar-refractivity contribution >= 4 is 34.4 Å². The SMILES string of the molecule is CC(=O)Nc1ccc(C(=O)N2CCOC[C@@H]2Cc2cn(C)c3ccc(C(=O)N(C)C)cc23)cn1. The van der Waals surface area contributed by atoms with Crippen molar-refractivity contribution in [3.05, 3.63) is 59.4 Å². The van der Waals surface area contributed by atoms with Gasteiger partial charge in [-0.15, -0.1) is 0 Å². The summed E-state index contributed by atoms with van der Waals surface area (Å²) in [4.78, 5) is 44.6. The molecule has 9 nitrogen and oxygen atoms in total. The molecule has 1 fully saturated rings. The van der Waals surface area contributed by atoms with Gasteiger partial charge in [0.15, 0.2) is 0 Å². The quantitative estimate of drug-likeness (QED) is 0.626. The van der Waals surface area contributed by atoms with E-state index in [-0.39, 0.29) is 23.8 Å². The molecule has 178 valence electrons. The number of morpholine rings is 1. The lowest BCUT2D eigenvalue weighted by Crippen LogP contribution is -2.49. The van der Waals surface area contributed by atoms with Crippen molar-refractivity contribution in [1.29, 1.82) is 0 Å². The number of nitrogens with zero attached hydrogens (tertiary/aromatic N) is 4. The second-order valence-electron chi connectivity index (χ2n) is 8.74. The molecule has 34 heavy (non-hydrogen) atoms. The first kappa shape index (κ1) is 23.4. The van der Waals surface area contributed by atoms with Gasteiger partial charge >= 0.3 is 0 Å². The van der Waals surface area contributed by atoms with Crippen LogP contribution in [0.5, 0.6) is 0 Å². The number of nitrogens with one attached hydrogen (secondary N) is 1. The molecule has 0 spiro atoms. The third-order valence-corrected chi connectivity index (χ3v) is 5.98. The number of rotatable bonds is 5. The Labute approximate surface area is 198 Å². The Morgan fingerprint density at radius 1 is 1.18 bits per heavy atom. The molecule has 0 radical (unpaired) electrons. The van der Waals surface area contributed by atoms with Crippen LogP contribution < -0.4 is 5.32 Å². The molecular weight excluding hydrogens is 434 g/mol. The fourth-order valence-corrected chi connectivity index (χ4v) is 4.31. The second-order valence-corrected chi connectivity index (χ2v) is 8.74. The maximum Gasteiger partial charge on any atom is 0.255 e. The molecule has 1 saturated heterocycles. The lowest BCUT2D eigenvalue weighted by atomic mass is 10.0. The number of hydrogen-bond acceptors (Lipinski definition) is 5. The molecule has 1 N–H and O–H groups in total. The molecule has 1 aliphatic heterocycles. The highest BCUT2D eigenvalue weighted by atomic mass is 16.5. The van der Waals surface area contributed by atoms with Crippen LogP contribution in [0.3, 0.4) is 0 Å². The number of pyridine rings is 1. The number of carbonyl (C=O) groups is 3. The van der Waals surface area contributed by atoms with E-state index >= 15 is 0 Å². The molecule has 0 unspecified atom stereocenters. The van der Waals surface area contributed by atoms with E-state index in [0.29, 0.717) is 43.1 Å². The summed E-state index contributed by atoms with van der Waals surface area (Å²) in [6, 6.07) is 8.86. The third kappa shape index (κ3) is 4.79. The Bertz CT molecular complexity index is 1230. The van der Waals surface area contributed by atoms with Crippen LogP contribution >= 0.6 is 0 Å². The summed E-state index contributed by atoms with van der Waals surface area (Å²) in [5.41, 5.74) is 3.16. The fourth-order valence-electron chi connectivity index (χ4n) is 4.31. The number of benzene rings is 1. The summed E-state index contributed by atoms with van der Waals surface area (Å²) in [5, 5.41) is 3.60. The zero-order chi connectivity index (χ0) is 24.4. The summed E-state index contributed by atoms with van der Waals surface area (Å²) < 4.78 is 7.76. The summed E-state index contributed by atoms with van der Waals surface area (Å²) >= 11 is 0. The molecular formula is C25H29N5O4. The molecule has 2 aromatic heterocycles. The predicted molar refractivity (Wildman–Crippen MR) is 129 cm³/mol. The van der Waals surface area contributed by atoms with Gasteiger partial charge in [-0.05, 0) is 42.3 Å². The zero-order valence-corrected chi connectivity index (χ0v) is 19.9. The Kier molecular flexibility index (Phi) is 6.65. The second kappa shape index (κ2) is 9.64. The highest BCUT2D eigenvalue weighted by molar-refractivity contribution is 5.99. The van der Waals surface area contributed by atoms with Crippen molar-refractivity contribution < 1.29 is 19.1 Å². The average molecular weight is 464 g/mol. The first-order chi connectivity index (χ1) is 16.2. The molecule has 9 heteroatoms. The van der Waals surface area contributed by atoms with Crippen molar-refractivity contribution in [2.45, 2.75) is 19.4 Å². The minimum Gasteiger partial charge on any atom is -0.377 e.